The lowest BCUT2D eigenvalue weighted by Gasteiger charge is -2.08. The topological polar surface area (TPSA) is 48.1 Å². The molecule has 3 nitrogen and oxygen atoms in total. The molecule has 0 aliphatic rings. The summed E-state index contributed by atoms with van der Waals surface area (Å²) in [6.07, 6.45) is 1.66. The van der Waals surface area contributed by atoms with Gasteiger partial charge in [-0.05, 0) is 30.7 Å². The van der Waals surface area contributed by atoms with Crippen molar-refractivity contribution in [2.45, 2.75) is 6.92 Å². The average molecular weight is 200 g/mol. The van der Waals surface area contributed by atoms with E-state index in [9.17, 15) is 0 Å². The Bertz CT molecular complexity index is 425. The summed E-state index contributed by atoms with van der Waals surface area (Å²) in [4.78, 5) is 4.07. The third-order valence-electron chi connectivity index (χ3n) is 2.10. The summed E-state index contributed by atoms with van der Waals surface area (Å²) in [5.41, 5.74) is 7.33. The fourth-order valence-corrected chi connectivity index (χ4v) is 1.26. The maximum Gasteiger partial charge on any atom is 0.242 e. The minimum Gasteiger partial charge on any atom is -0.437 e. The van der Waals surface area contributed by atoms with Crippen LogP contribution in [0.15, 0.2) is 42.6 Å². The molecule has 2 aromatic rings. The Kier molecular flexibility index (Phi) is 2.54. The van der Waals surface area contributed by atoms with Gasteiger partial charge < -0.3 is 10.5 Å². The molecule has 0 saturated carbocycles. The largest absolute Gasteiger partial charge is 0.437 e. The van der Waals surface area contributed by atoms with E-state index in [-0.39, 0.29) is 0 Å². The predicted molar refractivity (Wildman–Crippen MR) is 59.9 cm³/mol. The number of benzene rings is 1. The molecule has 0 fully saturated rings. The molecule has 0 saturated heterocycles. The maximum atomic E-state index is 5.73. The minimum atomic E-state index is 0.451. The number of nitrogens with two attached hydrogens (primary N) is 1. The molecule has 1 aromatic heterocycles. The molecule has 0 aliphatic heterocycles. The first kappa shape index (κ1) is 9.52. The zero-order valence-corrected chi connectivity index (χ0v) is 8.47. The molecule has 0 unspecified atom stereocenters. The van der Waals surface area contributed by atoms with Gasteiger partial charge in [0.2, 0.25) is 5.88 Å². The molecule has 76 valence electrons. The average Bonchev–Trinajstić information content (AvgIpc) is 2.24. The van der Waals surface area contributed by atoms with Gasteiger partial charge in [-0.2, -0.15) is 0 Å². The number of ether oxygens (including phenoxy) is 1. The van der Waals surface area contributed by atoms with Crippen LogP contribution in [0.2, 0.25) is 0 Å². The van der Waals surface area contributed by atoms with Gasteiger partial charge in [0.05, 0.1) is 5.69 Å². The van der Waals surface area contributed by atoms with Crippen LogP contribution < -0.4 is 10.5 Å². The quantitative estimate of drug-likeness (QED) is 0.810. The van der Waals surface area contributed by atoms with Gasteiger partial charge in [0, 0.05) is 6.20 Å². The molecule has 0 aliphatic carbocycles. The van der Waals surface area contributed by atoms with E-state index in [1.54, 1.807) is 18.3 Å². The van der Waals surface area contributed by atoms with E-state index >= 15 is 0 Å². The number of aromatic nitrogens is 1. The molecule has 3 heteroatoms. The lowest BCUT2D eigenvalue weighted by atomic mass is 10.2. The van der Waals surface area contributed by atoms with Gasteiger partial charge in [0.15, 0.2) is 0 Å². The van der Waals surface area contributed by atoms with E-state index in [1.165, 1.54) is 0 Å². The number of rotatable bonds is 2. The van der Waals surface area contributed by atoms with Crippen LogP contribution in [0.25, 0.3) is 0 Å². The summed E-state index contributed by atoms with van der Waals surface area (Å²) in [6, 6.07) is 11.3. The van der Waals surface area contributed by atoms with Gasteiger partial charge in [-0.1, -0.05) is 18.2 Å². The molecule has 2 N–H and O–H groups in total. The van der Waals surface area contributed by atoms with E-state index < -0.39 is 0 Å². The van der Waals surface area contributed by atoms with Crippen LogP contribution in [0.4, 0.5) is 5.69 Å². The van der Waals surface area contributed by atoms with E-state index in [0.29, 0.717) is 11.6 Å². The Morgan fingerprint density at radius 3 is 2.67 bits per heavy atom. The van der Waals surface area contributed by atoms with E-state index in [2.05, 4.69) is 4.98 Å². The summed E-state index contributed by atoms with van der Waals surface area (Å²) in [5, 5.41) is 0. The minimum absolute atomic E-state index is 0.451. The predicted octanol–water partition coefficient (Wildman–Crippen LogP) is 2.76. The molecule has 0 atom stereocenters. The van der Waals surface area contributed by atoms with Crippen molar-refractivity contribution in [1.29, 1.82) is 0 Å². The molecule has 0 bridgehead atoms. The van der Waals surface area contributed by atoms with Crippen molar-refractivity contribution in [3.63, 3.8) is 0 Å². The third-order valence-corrected chi connectivity index (χ3v) is 2.10. The van der Waals surface area contributed by atoms with Crippen LogP contribution in [-0.4, -0.2) is 4.98 Å². The smallest absolute Gasteiger partial charge is 0.242 e. The van der Waals surface area contributed by atoms with Gasteiger partial charge in [-0.15, -0.1) is 0 Å². The standard InChI is InChI=1S/C12H12N2O/c1-9-5-2-3-7-11(9)15-12-10(13)6-4-8-14-12/h2-8H,13H2,1H3. The zero-order chi connectivity index (χ0) is 10.7. The first-order chi connectivity index (χ1) is 7.27. The van der Waals surface area contributed by atoms with E-state index in [0.717, 1.165) is 11.3 Å². The van der Waals surface area contributed by atoms with E-state index in [1.807, 2.05) is 31.2 Å². The van der Waals surface area contributed by atoms with Gasteiger partial charge in [0.1, 0.15) is 5.75 Å². The number of para-hydroxylation sites is 1. The molecular weight excluding hydrogens is 188 g/mol. The second kappa shape index (κ2) is 4.00. The van der Waals surface area contributed by atoms with Crippen LogP contribution in [0.3, 0.4) is 0 Å². The van der Waals surface area contributed by atoms with Crippen molar-refractivity contribution in [3.05, 3.63) is 48.2 Å². The zero-order valence-electron chi connectivity index (χ0n) is 8.47. The first-order valence-electron chi connectivity index (χ1n) is 4.71. The summed E-state index contributed by atoms with van der Waals surface area (Å²) < 4.78 is 5.60. The Hall–Kier alpha value is -2.03. The van der Waals surface area contributed by atoms with Gasteiger partial charge >= 0.3 is 0 Å². The van der Waals surface area contributed by atoms with Crippen molar-refractivity contribution in [1.82, 2.24) is 4.98 Å². The lowest BCUT2D eigenvalue weighted by Crippen LogP contribution is -1.95. The van der Waals surface area contributed by atoms with Crippen molar-refractivity contribution in [2.24, 2.45) is 0 Å². The van der Waals surface area contributed by atoms with Crippen LogP contribution in [0.1, 0.15) is 5.56 Å². The molecule has 1 heterocycles. The highest BCUT2D eigenvalue weighted by Gasteiger charge is 2.03. The summed E-state index contributed by atoms with van der Waals surface area (Å²) in [6.45, 7) is 1.98. The van der Waals surface area contributed by atoms with Crippen molar-refractivity contribution in [2.75, 3.05) is 5.73 Å². The first-order valence-corrected chi connectivity index (χ1v) is 4.71. The van der Waals surface area contributed by atoms with Crippen molar-refractivity contribution < 1.29 is 4.74 Å². The second-order valence-electron chi connectivity index (χ2n) is 3.27. The number of pyridine rings is 1. The van der Waals surface area contributed by atoms with Crippen molar-refractivity contribution >= 4 is 5.69 Å². The SMILES string of the molecule is Cc1ccccc1Oc1ncccc1N. The lowest BCUT2D eigenvalue weighted by molar-refractivity contribution is 0.462. The van der Waals surface area contributed by atoms with Crippen LogP contribution in [0.5, 0.6) is 11.6 Å². The van der Waals surface area contributed by atoms with Crippen LogP contribution >= 0.6 is 0 Å². The Labute approximate surface area is 88.5 Å². The van der Waals surface area contributed by atoms with Gasteiger partial charge in [-0.25, -0.2) is 4.98 Å². The second-order valence-corrected chi connectivity index (χ2v) is 3.27. The molecule has 0 amide bonds. The highest BCUT2D eigenvalue weighted by molar-refractivity contribution is 5.49. The number of anilines is 1. The molecule has 0 spiro atoms. The number of nitrogens with zero attached hydrogens (tertiary/aromatic N) is 1. The summed E-state index contributed by atoms with van der Waals surface area (Å²) >= 11 is 0. The number of hydrogen-bond acceptors (Lipinski definition) is 3. The third kappa shape index (κ3) is 2.07. The fourth-order valence-electron chi connectivity index (χ4n) is 1.26. The monoisotopic (exact) mass is 200 g/mol. The molecule has 0 radical (unpaired) electrons. The van der Waals surface area contributed by atoms with Gasteiger partial charge in [-0.3, -0.25) is 0 Å². The Morgan fingerprint density at radius 1 is 1.13 bits per heavy atom. The summed E-state index contributed by atoms with van der Waals surface area (Å²) in [7, 11) is 0. The van der Waals surface area contributed by atoms with E-state index in [4.69, 9.17) is 10.5 Å². The molecule has 15 heavy (non-hydrogen) atoms. The normalized spacial score (nSPS) is 9.93. The highest BCUT2D eigenvalue weighted by atomic mass is 16.5. The highest BCUT2D eigenvalue weighted by Crippen LogP contribution is 2.26. The molecular formula is C12H12N2O. The molecule has 1 aromatic carbocycles. The number of hydrogen-bond donors (Lipinski definition) is 1. The van der Waals surface area contributed by atoms with Crippen molar-refractivity contribution in [3.8, 4) is 11.6 Å². The van der Waals surface area contributed by atoms with Gasteiger partial charge in [0.25, 0.3) is 0 Å². The summed E-state index contributed by atoms with van der Waals surface area (Å²) in [5.74, 6) is 1.23. The Morgan fingerprint density at radius 2 is 1.93 bits per heavy atom. The van der Waals surface area contributed by atoms with Crippen LogP contribution in [0, 0.1) is 6.92 Å². The molecule has 2 rings (SSSR count). The maximum absolute atomic E-state index is 5.73. The number of aryl methyl sites for hydroxylation is 1. The number of nitrogen functional groups attached to an aromatic ring is 1. The Balaban J connectivity index is 2.30. The fraction of sp³-hybridized carbons (Fsp3) is 0.0833. The van der Waals surface area contributed by atoms with Crippen LogP contribution in [-0.2, 0) is 0 Å².